The van der Waals surface area contributed by atoms with E-state index in [1.807, 2.05) is 5.92 Å². The summed E-state index contributed by atoms with van der Waals surface area (Å²) >= 11 is 0. The minimum Gasteiger partial charge on any atom is -0.459 e. The first-order chi connectivity index (χ1) is 7.84. The van der Waals surface area contributed by atoms with Crippen LogP contribution in [-0.2, 0) is 15.7 Å². The van der Waals surface area contributed by atoms with Crippen LogP contribution in [-0.4, -0.2) is 13.1 Å². The van der Waals surface area contributed by atoms with Gasteiger partial charge < -0.3 is 4.74 Å². The zero-order chi connectivity index (χ0) is 13.1. The lowest BCUT2D eigenvalue weighted by Crippen LogP contribution is -2.08. The average molecular weight is 246 g/mol. The van der Waals surface area contributed by atoms with Crippen LogP contribution in [0.25, 0.3) is 0 Å². The van der Waals surface area contributed by atoms with Gasteiger partial charge in [-0.1, -0.05) is 5.92 Å². The Hall–Kier alpha value is -2.03. The Morgan fingerprint density at radius 1 is 1.35 bits per heavy atom. The highest BCUT2D eigenvalue weighted by molar-refractivity contribution is 5.88. The molecule has 2 nitrogen and oxygen atoms in total. The molecule has 0 atom stereocenters. The van der Waals surface area contributed by atoms with Crippen molar-refractivity contribution in [2.24, 2.45) is 0 Å². The van der Waals surface area contributed by atoms with Gasteiger partial charge in [-0.15, -0.1) is 0 Å². The molecule has 0 unspecified atom stereocenters. The molecule has 0 aliphatic carbocycles. The number of hydrogen-bond donors (Lipinski definition) is 0. The summed E-state index contributed by atoms with van der Waals surface area (Å²) < 4.78 is 53.8. The minimum absolute atomic E-state index is 0.0408. The molecule has 1 aromatic rings. The number of hydrogen-bond acceptors (Lipinski definition) is 2. The molecule has 0 amide bonds. The maximum Gasteiger partial charge on any atom is 0.419 e. The first kappa shape index (κ1) is 13.0. The zero-order valence-corrected chi connectivity index (χ0v) is 8.56. The van der Waals surface area contributed by atoms with E-state index in [4.69, 9.17) is 0 Å². The van der Waals surface area contributed by atoms with Gasteiger partial charge in [-0.25, -0.2) is 9.18 Å². The number of alkyl halides is 3. The molecule has 0 fully saturated rings. The van der Waals surface area contributed by atoms with Crippen molar-refractivity contribution in [2.45, 2.75) is 6.18 Å². The van der Waals surface area contributed by atoms with E-state index >= 15 is 0 Å². The van der Waals surface area contributed by atoms with Crippen LogP contribution in [0.3, 0.4) is 0 Å². The van der Waals surface area contributed by atoms with Crippen LogP contribution in [0.5, 0.6) is 0 Å². The van der Waals surface area contributed by atoms with Gasteiger partial charge in [-0.2, -0.15) is 13.2 Å². The van der Waals surface area contributed by atoms with Crippen LogP contribution < -0.4 is 0 Å². The summed E-state index contributed by atoms with van der Waals surface area (Å²) in [6.07, 6.45) is -4.75. The number of esters is 1. The van der Waals surface area contributed by atoms with Crippen molar-refractivity contribution < 1.29 is 27.1 Å². The third kappa shape index (κ3) is 3.48. The Morgan fingerprint density at radius 2 is 2.00 bits per heavy atom. The molecule has 17 heavy (non-hydrogen) atoms. The molecule has 0 aromatic heterocycles. The molecule has 0 heterocycles. The molecule has 0 aliphatic heterocycles. The topological polar surface area (TPSA) is 26.3 Å². The second-order valence-electron chi connectivity index (χ2n) is 2.93. The van der Waals surface area contributed by atoms with E-state index < -0.39 is 23.5 Å². The predicted molar refractivity (Wildman–Crippen MR) is 50.3 cm³/mol. The van der Waals surface area contributed by atoms with Crippen molar-refractivity contribution in [3.05, 3.63) is 35.1 Å². The lowest BCUT2D eigenvalue weighted by molar-refractivity contribution is -0.140. The molecule has 0 radical (unpaired) electrons. The predicted octanol–water partition coefficient (Wildman–Crippen LogP) is 2.37. The van der Waals surface area contributed by atoms with Gasteiger partial charge in [0.1, 0.15) is 5.82 Å². The van der Waals surface area contributed by atoms with Crippen LogP contribution in [0, 0.1) is 17.7 Å². The van der Waals surface area contributed by atoms with Gasteiger partial charge in [-0.05, 0) is 18.2 Å². The number of carbonyl (C=O) groups is 1. The highest BCUT2D eigenvalue weighted by Crippen LogP contribution is 2.31. The molecule has 90 valence electrons. The second-order valence-corrected chi connectivity index (χ2v) is 2.93. The normalized spacial score (nSPS) is 10.4. The number of rotatable bonds is 0. The van der Waals surface area contributed by atoms with E-state index in [0.717, 1.165) is 13.2 Å². The summed E-state index contributed by atoms with van der Waals surface area (Å²) in [5.41, 5.74) is -1.41. The van der Waals surface area contributed by atoms with Gasteiger partial charge in [0.2, 0.25) is 0 Å². The summed E-state index contributed by atoms with van der Waals surface area (Å²) in [6, 6.07) is 2.15. The fraction of sp³-hybridized carbons (Fsp3) is 0.182. The number of halogens is 4. The van der Waals surface area contributed by atoms with Gasteiger partial charge in [0.25, 0.3) is 0 Å². The fourth-order valence-electron chi connectivity index (χ4n) is 0.997. The molecule has 0 saturated carbocycles. The highest BCUT2D eigenvalue weighted by Gasteiger charge is 2.33. The molecule has 0 N–H and O–H groups in total. The molecule has 0 saturated heterocycles. The molecule has 1 rings (SSSR count). The highest BCUT2D eigenvalue weighted by atomic mass is 19.4. The Bertz CT molecular complexity index is 494. The maximum absolute atomic E-state index is 13.0. The molecular formula is C11H6F4O2. The zero-order valence-electron chi connectivity index (χ0n) is 8.56. The summed E-state index contributed by atoms with van der Waals surface area (Å²) in [5.74, 6) is 1.87. The Kier molecular flexibility index (Phi) is 3.73. The number of methoxy groups -OCH3 is 1. The van der Waals surface area contributed by atoms with Crippen LogP contribution >= 0.6 is 0 Å². The van der Waals surface area contributed by atoms with Gasteiger partial charge in [0.05, 0.1) is 12.7 Å². The third-order valence-electron chi connectivity index (χ3n) is 1.77. The minimum atomic E-state index is -4.75. The second kappa shape index (κ2) is 4.87. The van der Waals surface area contributed by atoms with Crippen molar-refractivity contribution in [1.29, 1.82) is 0 Å². The van der Waals surface area contributed by atoms with Gasteiger partial charge in [0.15, 0.2) is 0 Å². The Labute approximate surface area is 94.2 Å². The van der Waals surface area contributed by atoms with Gasteiger partial charge in [-0.3, -0.25) is 0 Å². The van der Waals surface area contributed by atoms with Crippen molar-refractivity contribution in [1.82, 2.24) is 0 Å². The summed E-state index contributed by atoms with van der Waals surface area (Å²) in [6.45, 7) is 0. The lowest BCUT2D eigenvalue weighted by atomic mass is 10.1. The SMILES string of the molecule is COC(=O)C#Cc1ccc(C(F)(F)F)c(F)c1. The quantitative estimate of drug-likeness (QED) is 0.399. The number of ether oxygens (including phenoxy) is 1. The molecule has 0 spiro atoms. The largest absolute Gasteiger partial charge is 0.459 e. The van der Waals surface area contributed by atoms with Crippen LogP contribution in [0.2, 0.25) is 0 Å². The standard InChI is InChI=1S/C11H6F4O2/c1-17-10(16)5-3-7-2-4-8(9(12)6-7)11(13,14)15/h2,4,6H,1H3. The van der Waals surface area contributed by atoms with Crippen LogP contribution in [0.4, 0.5) is 17.6 Å². The van der Waals surface area contributed by atoms with Crippen molar-refractivity contribution in [3.63, 3.8) is 0 Å². The van der Waals surface area contributed by atoms with E-state index in [2.05, 4.69) is 10.7 Å². The Balaban J connectivity index is 3.04. The summed E-state index contributed by atoms with van der Waals surface area (Å²) in [7, 11) is 1.10. The smallest absolute Gasteiger partial charge is 0.419 e. The lowest BCUT2D eigenvalue weighted by Gasteiger charge is -2.07. The number of carbonyl (C=O) groups excluding carboxylic acids is 1. The van der Waals surface area contributed by atoms with E-state index in [1.54, 1.807) is 0 Å². The molecule has 1 aromatic carbocycles. The van der Waals surface area contributed by atoms with E-state index in [1.165, 1.54) is 0 Å². The monoisotopic (exact) mass is 246 g/mol. The van der Waals surface area contributed by atoms with Crippen molar-refractivity contribution >= 4 is 5.97 Å². The average Bonchev–Trinajstić information content (AvgIpc) is 2.24. The molecule has 0 bridgehead atoms. The van der Waals surface area contributed by atoms with Crippen molar-refractivity contribution in [3.8, 4) is 11.8 Å². The number of benzene rings is 1. The van der Waals surface area contributed by atoms with Crippen LogP contribution in [0.1, 0.15) is 11.1 Å². The van der Waals surface area contributed by atoms with Gasteiger partial charge >= 0.3 is 12.1 Å². The first-order valence-corrected chi connectivity index (χ1v) is 4.31. The first-order valence-electron chi connectivity index (χ1n) is 4.31. The molecule has 0 aliphatic rings. The molecule has 6 heteroatoms. The molecular weight excluding hydrogens is 240 g/mol. The fourth-order valence-corrected chi connectivity index (χ4v) is 0.997. The maximum atomic E-state index is 13.0. The summed E-state index contributed by atoms with van der Waals surface area (Å²) in [5, 5.41) is 0. The Morgan fingerprint density at radius 3 is 2.47 bits per heavy atom. The summed E-state index contributed by atoms with van der Waals surface area (Å²) in [4.78, 5) is 10.6. The van der Waals surface area contributed by atoms with Crippen molar-refractivity contribution in [2.75, 3.05) is 7.11 Å². The van der Waals surface area contributed by atoms with Gasteiger partial charge in [0, 0.05) is 11.5 Å². The van der Waals surface area contributed by atoms with E-state index in [9.17, 15) is 22.4 Å². The van der Waals surface area contributed by atoms with E-state index in [-0.39, 0.29) is 5.56 Å². The van der Waals surface area contributed by atoms with Crippen LogP contribution in [0.15, 0.2) is 18.2 Å². The third-order valence-corrected chi connectivity index (χ3v) is 1.77. The van der Waals surface area contributed by atoms with E-state index in [0.29, 0.717) is 12.1 Å².